The lowest BCUT2D eigenvalue weighted by Crippen LogP contribution is -3.14. The molecule has 140 valence electrons. The highest BCUT2D eigenvalue weighted by Gasteiger charge is 2.20. The van der Waals surface area contributed by atoms with Crippen LogP contribution in [0.4, 0.5) is 5.69 Å². The van der Waals surface area contributed by atoms with Crippen molar-refractivity contribution in [2.75, 3.05) is 31.2 Å². The molecule has 25 heavy (non-hydrogen) atoms. The molecule has 0 spiro atoms. The molecule has 0 aliphatic carbocycles. The second-order valence-corrected chi connectivity index (χ2v) is 9.12. The lowest BCUT2D eigenvalue weighted by Gasteiger charge is -2.23. The summed E-state index contributed by atoms with van der Waals surface area (Å²) in [6, 6.07) is 6.11. The first-order valence-corrected chi connectivity index (χ1v) is 10.0. The van der Waals surface area contributed by atoms with E-state index in [0.29, 0.717) is 12.2 Å². The summed E-state index contributed by atoms with van der Waals surface area (Å²) in [6.45, 7) is 8.54. The summed E-state index contributed by atoms with van der Waals surface area (Å²) in [5, 5.41) is 5.56. The summed E-state index contributed by atoms with van der Waals surface area (Å²) in [7, 11) is -3.33. The molecular weight excluding hydrogens is 342 g/mol. The number of carbonyl (C=O) groups is 2. The zero-order chi connectivity index (χ0) is 19.3. The molecule has 0 aromatic heterocycles. The Kier molecular flexibility index (Phi) is 7.13. The molecule has 0 saturated carbocycles. The van der Waals surface area contributed by atoms with Crippen LogP contribution >= 0.6 is 0 Å². The largest absolute Gasteiger partial charge is 0.347 e. The molecule has 7 nitrogen and oxygen atoms in total. The normalized spacial score (nSPS) is 13.2. The van der Waals surface area contributed by atoms with Gasteiger partial charge in [0, 0.05) is 17.5 Å². The fourth-order valence-electron chi connectivity index (χ4n) is 2.24. The zero-order valence-electron chi connectivity index (χ0n) is 15.5. The monoisotopic (exact) mass is 370 g/mol. The molecule has 2 amide bonds. The number of hydrogen-bond donors (Lipinski definition) is 3. The van der Waals surface area contributed by atoms with E-state index in [9.17, 15) is 18.0 Å². The average Bonchev–Trinajstić information content (AvgIpc) is 2.43. The highest BCUT2D eigenvalue weighted by molar-refractivity contribution is 7.90. The van der Waals surface area contributed by atoms with Gasteiger partial charge in [0.2, 0.25) is 0 Å². The Morgan fingerprint density at radius 1 is 1.12 bits per heavy atom. The van der Waals surface area contributed by atoms with Gasteiger partial charge >= 0.3 is 0 Å². The Hall–Kier alpha value is -1.93. The van der Waals surface area contributed by atoms with Gasteiger partial charge in [0.15, 0.2) is 22.9 Å². The van der Waals surface area contributed by atoms with Gasteiger partial charge in [0.1, 0.15) is 0 Å². The zero-order valence-corrected chi connectivity index (χ0v) is 16.3. The molecule has 1 atom stereocenters. The van der Waals surface area contributed by atoms with Crippen LogP contribution in [-0.4, -0.2) is 51.7 Å². The molecule has 0 aliphatic heterocycles. The summed E-state index contributed by atoms with van der Waals surface area (Å²) in [5.74, 6) is -0.387. The molecule has 0 radical (unpaired) electrons. The first kappa shape index (κ1) is 21.1. The van der Waals surface area contributed by atoms with E-state index in [4.69, 9.17) is 0 Å². The van der Waals surface area contributed by atoms with E-state index in [2.05, 4.69) is 10.6 Å². The van der Waals surface area contributed by atoms with Gasteiger partial charge in [0.25, 0.3) is 11.8 Å². The van der Waals surface area contributed by atoms with Crippen molar-refractivity contribution in [3.05, 3.63) is 24.3 Å². The number of likely N-dealkylation sites (N-methyl/N-ethyl adjacent to an activating group) is 1. The Labute approximate surface area is 149 Å². The molecule has 0 saturated heterocycles. The van der Waals surface area contributed by atoms with Gasteiger partial charge in [-0.1, -0.05) is 6.07 Å². The van der Waals surface area contributed by atoms with E-state index in [-0.39, 0.29) is 35.3 Å². The fraction of sp³-hybridized carbons (Fsp3) is 0.529. The van der Waals surface area contributed by atoms with Crippen molar-refractivity contribution in [1.82, 2.24) is 5.32 Å². The highest BCUT2D eigenvalue weighted by atomic mass is 32.2. The fourth-order valence-corrected chi connectivity index (χ4v) is 2.91. The van der Waals surface area contributed by atoms with E-state index in [1.54, 1.807) is 12.1 Å². The summed E-state index contributed by atoms with van der Waals surface area (Å²) in [5.41, 5.74) is 0.104. The standard InChI is InChI=1S/C17H27N3O4S/c1-6-20(12-16(22)19-17(2,3)4)11-15(21)18-13-8-7-9-14(10-13)25(5,23)24/h7-10H,6,11-12H2,1-5H3,(H,18,21)(H,19,22)/p+1. The van der Waals surface area contributed by atoms with Crippen molar-refractivity contribution in [1.29, 1.82) is 0 Å². The quantitative estimate of drug-likeness (QED) is 0.622. The maximum Gasteiger partial charge on any atom is 0.279 e. The predicted octanol–water partition coefficient (Wildman–Crippen LogP) is -0.152. The van der Waals surface area contributed by atoms with Gasteiger partial charge in [-0.15, -0.1) is 0 Å². The molecule has 0 bridgehead atoms. The van der Waals surface area contributed by atoms with Crippen LogP contribution in [0.2, 0.25) is 0 Å². The Morgan fingerprint density at radius 2 is 1.72 bits per heavy atom. The number of amides is 2. The molecule has 0 aliphatic rings. The highest BCUT2D eigenvalue weighted by Crippen LogP contribution is 2.14. The Morgan fingerprint density at radius 3 is 2.24 bits per heavy atom. The van der Waals surface area contributed by atoms with Crippen molar-refractivity contribution >= 4 is 27.3 Å². The number of carbonyl (C=O) groups excluding carboxylic acids is 2. The second kappa shape index (κ2) is 8.44. The molecule has 8 heteroatoms. The number of benzene rings is 1. The molecular formula is C17H28N3O4S+. The second-order valence-electron chi connectivity index (χ2n) is 7.10. The Bertz CT molecular complexity index is 724. The number of rotatable bonds is 7. The topological polar surface area (TPSA) is 96.8 Å². The number of quaternary nitrogens is 1. The first-order chi connectivity index (χ1) is 11.4. The SMILES string of the molecule is CC[NH+](CC(=O)Nc1cccc(S(C)(=O)=O)c1)CC(=O)NC(C)(C)C. The van der Waals surface area contributed by atoms with Crippen molar-refractivity contribution in [3.63, 3.8) is 0 Å². The van der Waals surface area contributed by atoms with Gasteiger partial charge in [-0.25, -0.2) is 8.42 Å². The van der Waals surface area contributed by atoms with Crippen molar-refractivity contribution < 1.29 is 22.9 Å². The van der Waals surface area contributed by atoms with Crippen molar-refractivity contribution in [3.8, 4) is 0 Å². The molecule has 0 heterocycles. The minimum Gasteiger partial charge on any atom is -0.347 e. The van der Waals surface area contributed by atoms with Gasteiger partial charge in [-0.05, 0) is 45.9 Å². The van der Waals surface area contributed by atoms with E-state index in [1.165, 1.54) is 12.1 Å². The molecule has 1 rings (SSSR count). The van der Waals surface area contributed by atoms with Crippen LogP contribution in [0.1, 0.15) is 27.7 Å². The number of nitrogens with one attached hydrogen (secondary N) is 3. The van der Waals surface area contributed by atoms with Crippen LogP contribution < -0.4 is 15.5 Å². The third-order valence-corrected chi connectivity index (χ3v) is 4.49. The van der Waals surface area contributed by atoms with Crippen molar-refractivity contribution in [2.24, 2.45) is 0 Å². The van der Waals surface area contributed by atoms with Crippen LogP contribution in [0, 0.1) is 0 Å². The van der Waals surface area contributed by atoms with Gasteiger partial charge < -0.3 is 15.5 Å². The molecule has 0 fully saturated rings. The maximum atomic E-state index is 12.2. The first-order valence-electron chi connectivity index (χ1n) is 8.15. The maximum absolute atomic E-state index is 12.2. The summed E-state index contributed by atoms with van der Waals surface area (Å²) in [6.07, 6.45) is 1.12. The van der Waals surface area contributed by atoms with Gasteiger partial charge in [-0.3, -0.25) is 9.59 Å². The lowest BCUT2D eigenvalue weighted by molar-refractivity contribution is -0.881. The average molecular weight is 370 g/mol. The van der Waals surface area contributed by atoms with E-state index >= 15 is 0 Å². The van der Waals surface area contributed by atoms with Gasteiger partial charge in [-0.2, -0.15) is 0 Å². The number of sulfone groups is 1. The van der Waals surface area contributed by atoms with Crippen LogP contribution in [0.3, 0.4) is 0 Å². The molecule has 1 aromatic rings. The summed E-state index contributed by atoms with van der Waals surface area (Å²) in [4.78, 5) is 25.2. The minimum absolute atomic E-state index is 0.115. The van der Waals surface area contributed by atoms with E-state index < -0.39 is 9.84 Å². The summed E-state index contributed by atoms with van der Waals surface area (Å²) >= 11 is 0. The van der Waals surface area contributed by atoms with Crippen LogP contribution in [0.15, 0.2) is 29.2 Å². The van der Waals surface area contributed by atoms with E-state index in [0.717, 1.165) is 11.2 Å². The number of hydrogen-bond acceptors (Lipinski definition) is 4. The minimum atomic E-state index is -3.33. The molecule has 1 unspecified atom stereocenters. The van der Waals surface area contributed by atoms with Crippen LogP contribution in [-0.2, 0) is 19.4 Å². The molecule has 1 aromatic carbocycles. The van der Waals surface area contributed by atoms with Crippen LogP contribution in [0.25, 0.3) is 0 Å². The smallest absolute Gasteiger partial charge is 0.279 e. The lowest BCUT2D eigenvalue weighted by atomic mass is 10.1. The van der Waals surface area contributed by atoms with E-state index in [1.807, 2.05) is 27.7 Å². The molecule has 3 N–H and O–H groups in total. The van der Waals surface area contributed by atoms with Crippen molar-refractivity contribution in [2.45, 2.75) is 38.1 Å². The summed E-state index contributed by atoms with van der Waals surface area (Å²) < 4.78 is 23.1. The predicted molar refractivity (Wildman–Crippen MR) is 97.3 cm³/mol. The van der Waals surface area contributed by atoms with Gasteiger partial charge in [0.05, 0.1) is 11.4 Å². The third-order valence-electron chi connectivity index (χ3n) is 3.38. The third kappa shape index (κ3) is 8.13. The number of anilines is 1. The Balaban J connectivity index is 2.67. The van der Waals surface area contributed by atoms with Crippen LogP contribution in [0.5, 0.6) is 0 Å².